The van der Waals surface area contributed by atoms with Gasteiger partial charge in [0.05, 0.1) is 11.5 Å². The van der Waals surface area contributed by atoms with Gasteiger partial charge in [-0.25, -0.2) is 0 Å². The van der Waals surface area contributed by atoms with Crippen LogP contribution < -0.4 is 10.1 Å². The van der Waals surface area contributed by atoms with Crippen molar-refractivity contribution in [2.75, 3.05) is 6.61 Å². The van der Waals surface area contributed by atoms with Crippen molar-refractivity contribution >= 4 is 29.0 Å². The number of aryl methyl sites for hydroxylation is 1. The highest BCUT2D eigenvalue weighted by Gasteiger charge is 2.24. The van der Waals surface area contributed by atoms with E-state index in [4.69, 9.17) is 4.74 Å². The number of nitrogens with zero attached hydrogens (tertiary/aromatic N) is 1. The molecular formula is C18H16N2O3S. The third kappa shape index (κ3) is 4.23. The topological polar surface area (TPSA) is 68.3 Å². The smallest absolute Gasteiger partial charge is 0.290 e. The fourth-order valence-electron chi connectivity index (χ4n) is 2.15. The van der Waals surface area contributed by atoms with E-state index in [0.29, 0.717) is 11.5 Å². The Labute approximate surface area is 144 Å². The maximum Gasteiger partial charge on any atom is 0.290 e. The lowest BCUT2D eigenvalue weighted by atomic mass is 10.2. The number of hydrogen-bond donors (Lipinski definition) is 1. The van der Waals surface area contributed by atoms with Crippen LogP contribution >= 0.6 is 11.8 Å². The molecule has 122 valence electrons. The van der Waals surface area contributed by atoms with Crippen LogP contribution in [0.4, 0.5) is 4.79 Å². The zero-order valence-electron chi connectivity index (χ0n) is 13.1. The van der Waals surface area contributed by atoms with Gasteiger partial charge in [-0.1, -0.05) is 18.2 Å². The van der Waals surface area contributed by atoms with E-state index in [1.807, 2.05) is 49.5 Å². The molecule has 0 bridgehead atoms. The lowest BCUT2D eigenvalue weighted by Gasteiger charge is -2.06. The molecule has 1 saturated heterocycles. The summed E-state index contributed by atoms with van der Waals surface area (Å²) in [5.41, 5.74) is 2.98. The second kappa shape index (κ2) is 7.31. The van der Waals surface area contributed by atoms with Gasteiger partial charge in [-0.3, -0.25) is 19.9 Å². The predicted octanol–water partition coefficient (Wildman–Crippen LogP) is 3.34. The molecule has 2 aromatic rings. The van der Waals surface area contributed by atoms with Crippen molar-refractivity contribution in [1.29, 1.82) is 0 Å². The number of thioether (sulfide) groups is 1. The van der Waals surface area contributed by atoms with Crippen molar-refractivity contribution in [2.45, 2.75) is 13.3 Å². The molecule has 1 N–H and O–H groups in total. The van der Waals surface area contributed by atoms with Gasteiger partial charge in [-0.15, -0.1) is 0 Å². The minimum absolute atomic E-state index is 0.337. The number of aromatic nitrogens is 1. The molecule has 1 aliphatic heterocycles. The first-order chi connectivity index (χ1) is 11.6. The molecule has 6 heteroatoms. The van der Waals surface area contributed by atoms with Crippen LogP contribution in [0.25, 0.3) is 6.08 Å². The molecule has 0 unspecified atom stereocenters. The molecular weight excluding hydrogens is 324 g/mol. The van der Waals surface area contributed by atoms with Gasteiger partial charge in [-0.05, 0) is 54.1 Å². The van der Waals surface area contributed by atoms with E-state index in [1.165, 1.54) is 0 Å². The first-order valence-corrected chi connectivity index (χ1v) is 8.31. The summed E-state index contributed by atoms with van der Waals surface area (Å²) >= 11 is 0.908. The zero-order valence-corrected chi connectivity index (χ0v) is 13.9. The summed E-state index contributed by atoms with van der Waals surface area (Å²) in [5, 5.41) is 1.89. The minimum atomic E-state index is -0.351. The molecule has 1 fully saturated rings. The Kier molecular flexibility index (Phi) is 4.96. The normalized spacial score (nSPS) is 15.6. The average molecular weight is 340 g/mol. The third-order valence-electron chi connectivity index (χ3n) is 3.42. The van der Waals surface area contributed by atoms with Crippen LogP contribution in [0, 0.1) is 6.92 Å². The van der Waals surface area contributed by atoms with E-state index in [2.05, 4.69) is 10.3 Å². The van der Waals surface area contributed by atoms with Gasteiger partial charge in [-0.2, -0.15) is 0 Å². The summed E-state index contributed by atoms with van der Waals surface area (Å²) < 4.78 is 5.70. The Bertz CT molecular complexity index is 783. The number of benzene rings is 1. The third-order valence-corrected chi connectivity index (χ3v) is 4.23. The van der Waals surface area contributed by atoms with Gasteiger partial charge in [0.15, 0.2) is 0 Å². The highest BCUT2D eigenvalue weighted by molar-refractivity contribution is 8.18. The number of ether oxygens (including phenoxy) is 1. The van der Waals surface area contributed by atoms with Crippen LogP contribution in [0.5, 0.6) is 5.75 Å². The van der Waals surface area contributed by atoms with Crippen LogP contribution in [0.3, 0.4) is 0 Å². The lowest BCUT2D eigenvalue weighted by Crippen LogP contribution is -2.17. The first kappa shape index (κ1) is 16.3. The van der Waals surface area contributed by atoms with E-state index in [1.54, 1.807) is 6.08 Å². The molecule has 0 aliphatic carbocycles. The van der Waals surface area contributed by atoms with Gasteiger partial charge >= 0.3 is 0 Å². The van der Waals surface area contributed by atoms with Crippen molar-refractivity contribution in [3.05, 3.63) is 64.3 Å². The highest BCUT2D eigenvalue weighted by atomic mass is 32.2. The van der Waals surface area contributed by atoms with Crippen molar-refractivity contribution in [3.8, 4) is 5.75 Å². The van der Waals surface area contributed by atoms with Crippen molar-refractivity contribution in [1.82, 2.24) is 10.3 Å². The van der Waals surface area contributed by atoms with Gasteiger partial charge in [0.1, 0.15) is 5.75 Å². The monoisotopic (exact) mass is 340 g/mol. The number of nitrogens with one attached hydrogen (secondary N) is 1. The summed E-state index contributed by atoms with van der Waals surface area (Å²) in [6.07, 6.45) is 4.27. The average Bonchev–Trinajstić information content (AvgIpc) is 2.88. The van der Waals surface area contributed by atoms with Crippen LogP contribution in [-0.2, 0) is 11.2 Å². The number of rotatable bonds is 5. The summed E-state index contributed by atoms with van der Waals surface area (Å²) in [6, 6.07) is 11.4. The van der Waals surface area contributed by atoms with Crippen LogP contribution in [-0.4, -0.2) is 22.7 Å². The van der Waals surface area contributed by atoms with Crippen molar-refractivity contribution in [2.24, 2.45) is 0 Å². The molecule has 5 nitrogen and oxygen atoms in total. The Morgan fingerprint density at radius 1 is 1.17 bits per heavy atom. The van der Waals surface area contributed by atoms with Crippen LogP contribution in [0.15, 0.2) is 47.5 Å². The second-order valence-corrected chi connectivity index (χ2v) is 6.36. The van der Waals surface area contributed by atoms with E-state index in [-0.39, 0.29) is 11.1 Å². The molecule has 2 amide bonds. The van der Waals surface area contributed by atoms with Crippen LogP contribution in [0.1, 0.15) is 16.8 Å². The molecule has 1 aromatic carbocycles. The molecule has 2 heterocycles. The quantitative estimate of drug-likeness (QED) is 0.846. The maximum atomic E-state index is 11.5. The molecule has 0 spiro atoms. The number of imide groups is 1. The molecule has 0 radical (unpaired) electrons. The minimum Gasteiger partial charge on any atom is -0.493 e. The van der Waals surface area contributed by atoms with Gasteiger partial charge in [0.2, 0.25) is 0 Å². The van der Waals surface area contributed by atoms with E-state index >= 15 is 0 Å². The predicted molar refractivity (Wildman–Crippen MR) is 93.7 cm³/mol. The maximum absolute atomic E-state index is 11.5. The van der Waals surface area contributed by atoms with Gasteiger partial charge < -0.3 is 4.74 Å². The summed E-state index contributed by atoms with van der Waals surface area (Å²) in [6.45, 7) is 2.55. The van der Waals surface area contributed by atoms with E-state index in [0.717, 1.165) is 40.8 Å². The molecule has 0 atom stereocenters. The van der Waals surface area contributed by atoms with Crippen molar-refractivity contribution in [3.63, 3.8) is 0 Å². The Balaban J connectivity index is 1.55. The summed E-state index contributed by atoms with van der Waals surface area (Å²) in [7, 11) is 0. The van der Waals surface area contributed by atoms with Gasteiger partial charge in [0, 0.05) is 18.3 Å². The van der Waals surface area contributed by atoms with E-state index < -0.39 is 0 Å². The highest BCUT2D eigenvalue weighted by Crippen LogP contribution is 2.26. The van der Waals surface area contributed by atoms with Gasteiger partial charge in [0.25, 0.3) is 11.1 Å². The number of carbonyl (C=O) groups excluding carboxylic acids is 2. The molecule has 1 aliphatic rings. The number of amides is 2. The largest absolute Gasteiger partial charge is 0.493 e. The fraction of sp³-hybridized carbons (Fsp3) is 0.167. The molecule has 1 aromatic heterocycles. The fourth-order valence-corrected chi connectivity index (χ4v) is 2.83. The van der Waals surface area contributed by atoms with Crippen LogP contribution in [0.2, 0.25) is 0 Å². The Morgan fingerprint density at radius 3 is 2.58 bits per heavy atom. The number of hydrogen-bond acceptors (Lipinski definition) is 5. The van der Waals surface area contributed by atoms with Crippen molar-refractivity contribution < 1.29 is 14.3 Å². The molecule has 24 heavy (non-hydrogen) atoms. The summed E-state index contributed by atoms with van der Waals surface area (Å²) in [5.74, 6) is 0.403. The lowest BCUT2D eigenvalue weighted by molar-refractivity contribution is -0.115. The first-order valence-electron chi connectivity index (χ1n) is 7.49. The standard InChI is InChI=1S/C18H16N2O3S/c1-12-2-5-14(19-11-12)8-9-23-15-6-3-13(4-7-15)10-16-17(21)20-18(22)24-16/h2-7,10-11H,8-9H2,1H3,(H,20,21,22)/b16-10-. The molecule has 0 saturated carbocycles. The molecule has 3 rings (SSSR count). The summed E-state index contributed by atoms with van der Waals surface area (Å²) in [4.78, 5) is 27.4. The Hall–Kier alpha value is -2.60. The number of pyridine rings is 1. The van der Waals surface area contributed by atoms with E-state index in [9.17, 15) is 9.59 Å². The SMILES string of the molecule is Cc1ccc(CCOc2ccc(/C=C3\SC(=O)NC3=O)cc2)nc1. The number of carbonyl (C=O) groups is 2. The second-order valence-electron chi connectivity index (χ2n) is 5.35. The zero-order chi connectivity index (χ0) is 16.9. The Morgan fingerprint density at radius 2 is 1.96 bits per heavy atom.